The molecule has 8 nitrogen and oxygen atoms in total. The Morgan fingerprint density at radius 1 is 1.39 bits per heavy atom. The SMILES string of the molecule is CCc1nnc(Nc2cc([C@@H]3CCCN3C(=O)/C=C/CN(C)C)nc(C)n2)s1. The molecule has 3 rings (SSSR count). The average Bonchev–Trinajstić information content (AvgIpc) is 3.30. The van der Waals surface area contributed by atoms with Gasteiger partial charge in [0.2, 0.25) is 11.0 Å². The molecule has 150 valence electrons. The Morgan fingerprint density at radius 2 is 2.21 bits per heavy atom. The van der Waals surface area contributed by atoms with Gasteiger partial charge < -0.3 is 15.1 Å². The normalized spacial score (nSPS) is 17.0. The minimum absolute atomic E-state index is 0.0284. The van der Waals surface area contributed by atoms with Crippen LogP contribution in [0.5, 0.6) is 0 Å². The summed E-state index contributed by atoms with van der Waals surface area (Å²) in [5.41, 5.74) is 0.863. The van der Waals surface area contributed by atoms with Gasteiger partial charge in [0.25, 0.3) is 0 Å². The lowest BCUT2D eigenvalue weighted by molar-refractivity contribution is -0.127. The van der Waals surface area contributed by atoms with E-state index in [0.29, 0.717) is 16.8 Å². The Labute approximate surface area is 169 Å². The number of anilines is 2. The van der Waals surface area contributed by atoms with E-state index in [4.69, 9.17) is 0 Å². The first-order valence-corrected chi connectivity index (χ1v) is 10.3. The summed E-state index contributed by atoms with van der Waals surface area (Å²) in [7, 11) is 3.96. The maximum absolute atomic E-state index is 12.7. The van der Waals surface area contributed by atoms with Crippen LogP contribution in [0.4, 0.5) is 10.9 Å². The maximum Gasteiger partial charge on any atom is 0.246 e. The third kappa shape index (κ3) is 5.11. The second-order valence-corrected chi connectivity index (χ2v) is 8.12. The van der Waals surface area contributed by atoms with Gasteiger partial charge in [0.15, 0.2) is 0 Å². The second-order valence-electron chi connectivity index (χ2n) is 7.06. The monoisotopic (exact) mass is 401 g/mol. The number of likely N-dealkylation sites (N-methyl/N-ethyl adjacent to an activating group) is 1. The van der Waals surface area contributed by atoms with Crippen LogP contribution < -0.4 is 5.32 Å². The van der Waals surface area contributed by atoms with Crippen molar-refractivity contribution in [3.63, 3.8) is 0 Å². The third-order valence-corrected chi connectivity index (χ3v) is 5.45. The molecule has 1 aliphatic rings. The van der Waals surface area contributed by atoms with E-state index < -0.39 is 0 Å². The van der Waals surface area contributed by atoms with Crippen molar-refractivity contribution in [3.05, 3.63) is 34.7 Å². The number of hydrogen-bond acceptors (Lipinski definition) is 8. The van der Waals surface area contributed by atoms with E-state index >= 15 is 0 Å². The second kappa shape index (κ2) is 9.20. The Kier molecular flexibility index (Phi) is 6.69. The van der Waals surface area contributed by atoms with Crippen molar-refractivity contribution in [1.29, 1.82) is 0 Å². The van der Waals surface area contributed by atoms with Crippen LogP contribution in [-0.4, -0.2) is 63.1 Å². The number of nitrogens with one attached hydrogen (secondary N) is 1. The highest BCUT2D eigenvalue weighted by molar-refractivity contribution is 7.15. The molecule has 0 saturated carbocycles. The first-order chi connectivity index (χ1) is 13.5. The molecule has 9 heteroatoms. The molecule has 0 radical (unpaired) electrons. The molecular formula is C19H27N7OS. The molecule has 0 aromatic carbocycles. The van der Waals surface area contributed by atoms with E-state index in [1.807, 2.05) is 43.0 Å². The quantitative estimate of drug-likeness (QED) is 0.714. The minimum Gasteiger partial charge on any atom is -0.331 e. The molecule has 28 heavy (non-hydrogen) atoms. The number of aromatic nitrogens is 4. The van der Waals surface area contributed by atoms with Gasteiger partial charge in [0.1, 0.15) is 16.6 Å². The van der Waals surface area contributed by atoms with Crippen molar-refractivity contribution >= 4 is 28.2 Å². The van der Waals surface area contributed by atoms with Crippen molar-refractivity contribution in [2.24, 2.45) is 0 Å². The number of amides is 1. The number of nitrogens with zero attached hydrogens (tertiary/aromatic N) is 6. The molecule has 1 fully saturated rings. The lowest BCUT2D eigenvalue weighted by atomic mass is 10.1. The van der Waals surface area contributed by atoms with Crippen LogP contribution in [0.1, 0.15) is 42.3 Å². The number of carbonyl (C=O) groups is 1. The first kappa shape index (κ1) is 20.3. The van der Waals surface area contributed by atoms with Crippen LogP contribution in [0.3, 0.4) is 0 Å². The molecule has 0 unspecified atom stereocenters. The summed E-state index contributed by atoms with van der Waals surface area (Å²) in [4.78, 5) is 25.7. The van der Waals surface area contributed by atoms with Crippen LogP contribution in [0.15, 0.2) is 18.2 Å². The number of hydrogen-bond donors (Lipinski definition) is 1. The molecule has 1 saturated heterocycles. The largest absolute Gasteiger partial charge is 0.331 e. The van der Waals surface area contributed by atoms with E-state index in [1.54, 1.807) is 6.08 Å². The van der Waals surface area contributed by atoms with Gasteiger partial charge in [-0.25, -0.2) is 9.97 Å². The van der Waals surface area contributed by atoms with Gasteiger partial charge in [0.05, 0.1) is 11.7 Å². The van der Waals surface area contributed by atoms with Crippen LogP contribution >= 0.6 is 11.3 Å². The van der Waals surface area contributed by atoms with Crippen molar-refractivity contribution in [2.45, 2.75) is 39.2 Å². The topological polar surface area (TPSA) is 87.1 Å². The standard InChI is InChI=1S/C19H27N7OS/c1-5-17-23-24-19(28-17)22-16-12-14(20-13(2)21-16)15-8-6-11-26(15)18(27)9-7-10-25(3)4/h7,9,12,15H,5-6,8,10-11H2,1-4H3,(H,20,21,22,24)/b9-7+/t15-/m0/s1. The lowest BCUT2D eigenvalue weighted by Crippen LogP contribution is -2.30. The van der Waals surface area contributed by atoms with Gasteiger partial charge in [-0.05, 0) is 40.3 Å². The Balaban J connectivity index is 1.77. The van der Waals surface area contributed by atoms with Crippen LogP contribution in [0.25, 0.3) is 0 Å². The zero-order chi connectivity index (χ0) is 20.1. The molecule has 2 aromatic heterocycles. The average molecular weight is 402 g/mol. The van der Waals surface area contributed by atoms with Crippen LogP contribution in [0, 0.1) is 6.92 Å². The van der Waals surface area contributed by atoms with E-state index in [1.165, 1.54) is 11.3 Å². The molecule has 2 aromatic rings. The van der Waals surface area contributed by atoms with Crippen molar-refractivity contribution < 1.29 is 4.79 Å². The van der Waals surface area contributed by atoms with E-state index in [-0.39, 0.29) is 11.9 Å². The van der Waals surface area contributed by atoms with E-state index in [0.717, 1.165) is 43.1 Å². The van der Waals surface area contributed by atoms with Gasteiger partial charge in [0, 0.05) is 25.2 Å². The molecule has 1 N–H and O–H groups in total. The molecule has 1 atom stereocenters. The Hall–Kier alpha value is -2.39. The Bertz CT molecular complexity index is 849. The van der Waals surface area contributed by atoms with Crippen molar-refractivity contribution in [3.8, 4) is 0 Å². The summed E-state index contributed by atoms with van der Waals surface area (Å²) in [5, 5.41) is 13.2. The van der Waals surface area contributed by atoms with Crippen LogP contribution in [-0.2, 0) is 11.2 Å². The van der Waals surface area contributed by atoms with E-state index in [2.05, 4.69) is 32.4 Å². The predicted molar refractivity (Wildman–Crippen MR) is 111 cm³/mol. The van der Waals surface area contributed by atoms with Gasteiger partial charge in [-0.3, -0.25) is 4.79 Å². The minimum atomic E-state index is -0.0284. The van der Waals surface area contributed by atoms with Gasteiger partial charge >= 0.3 is 0 Å². The summed E-state index contributed by atoms with van der Waals surface area (Å²) >= 11 is 1.52. The highest BCUT2D eigenvalue weighted by Crippen LogP contribution is 2.32. The lowest BCUT2D eigenvalue weighted by Gasteiger charge is -2.23. The fourth-order valence-corrected chi connectivity index (χ4v) is 3.87. The van der Waals surface area contributed by atoms with Gasteiger partial charge in [-0.15, -0.1) is 10.2 Å². The fraction of sp³-hybridized carbons (Fsp3) is 0.526. The molecule has 0 bridgehead atoms. The smallest absolute Gasteiger partial charge is 0.246 e. The number of likely N-dealkylation sites (tertiary alicyclic amines) is 1. The molecule has 0 spiro atoms. The zero-order valence-corrected chi connectivity index (χ0v) is 17.7. The third-order valence-electron chi connectivity index (χ3n) is 4.47. The highest BCUT2D eigenvalue weighted by Gasteiger charge is 2.30. The summed E-state index contributed by atoms with van der Waals surface area (Å²) in [6, 6.07) is 1.89. The summed E-state index contributed by atoms with van der Waals surface area (Å²) in [5.74, 6) is 1.39. The van der Waals surface area contributed by atoms with Crippen molar-refractivity contribution in [2.75, 3.05) is 32.5 Å². The van der Waals surface area contributed by atoms with E-state index in [9.17, 15) is 4.79 Å². The molecule has 1 aliphatic heterocycles. The van der Waals surface area contributed by atoms with Gasteiger partial charge in [-0.2, -0.15) is 0 Å². The van der Waals surface area contributed by atoms with Gasteiger partial charge in [-0.1, -0.05) is 24.3 Å². The number of aryl methyl sites for hydroxylation is 2. The molecular weight excluding hydrogens is 374 g/mol. The maximum atomic E-state index is 12.7. The molecule has 3 heterocycles. The predicted octanol–water partition coefficient (Wildman–Crippen LogP) is 2.72. The Morgan fingerprint density at radius 3 is 2.93 bits per heavy atom. The summed E-state index contributed by atoms with van der Waals surface area (Å²) in [6.45, 7) is 5.41. The number of rotatable bonds is 7. The number of carbonyl (C=O) groups excluding carboxylic acids is 1. The highest BCUT2D eigenvalue weighted by atomic mass is 32.1. The molecule has 0 aliphatic carbocycles. The molecule has 1 amide bonds. The summed E-state index contributed by atoms with van der Waals surface area (Å²) in [6.07, 6.45) is 6.30. The first-order valence-electron chi connectivity index (χ1n) is 9.53. The fourth-order valence-electron chi connectivity index (χ4n) is 3.18. The summed E-state index contributed by atoms with van der Waals surface area (Å²) < 4.78 is 0. The van der Waals surface area contributed by atoms with Crippen molar-refractivity contribution in [1.82, 2.24) is 30.0 Å². The van der Waals surface area contributed by atoms with Crippen LogP contribution in [0.2, 0.25) is 0 Å². The zero-order valence-electron chi connectivity index (χ0n) is 16.8.